The van der Waals surface area contributed by atoms with Crippen LogP contribution in [0.25, 0.3) is 0 Å². The predicted molar refractivity (Wildman–Crippen MR) is 82.9 cm³/mol. The van der Waals surface area contributed by atoms with E-state index in [9.17, 15) is 4.79 Å². The maximum Gasteiger partial charge on any atom is 0.319 e. The second kappa shape index (κ2) is 6.05. The lowest BCUT2D eigenvalue weighted by atomic mass is 9.86. The highest BCUT2D eigenvalue weighted by molar-refractivity contribution is 7.10. The number of carbonyl (C=O) groups excluding carboxylic acids is 1. The fourth-order valence-electron chi connectivity index (χ4n) is 1.90. The van der Waals surface area contributed by atoms with E-state index in [1.54, 1.807) is 29.8 Å². The predicted octanol–water partition coefficient (Wildman–Crippen LogP) is 4.05. The van der Waals surface area contributed by atoms with Gasteiger partial charge in [-0.25, -0.2) is 4.79 Å². The average molecular weight is 289 g/mol. The summed E-state index contributed by atoms with van der Waals surface area (Å²) in [4.78, 5) is 17.2. The second-order valence-electron chi connectivity index (χ2n) is 5.65. The largest absolute Gasteiger partial charge is 0.330 e. The van der Waals surface area contributed by atoms with Crippen molar-refractivity contribution in [3.05, 3.63) is 46.9 Å². The van der Waals surface area contributed by atoms with Crippen molar-refractivity contribution >= 4 is 23.1 Å². The summed E-state index contributed by atoms with van der Waals surface area (Å²) in [6.45, 7) is 6.34. The van der Waals surface area contributed by atoms with E-state index in [-0.39, 0.29) is 17.5 Å². The number of nitrogens with zero attached hydrogens (tertiary/aromatic N) is 1. The van der Waals surface area contributed by atoms with Gasteiger partial charge in [0.2, 0.25) is 0 Å². The van der Waals surface area contributed by atoms with Gasteiger partial charge in [-0.2, -0.15) is 0 Å². The maximum atomic E-state index is 12.1. The van der Waals surface area contributed by atoms with Gasteiger partial charge in [-0.05, 0) is 29.0 Å². The molecule has 2 aromatic heterocycles. The molecule has 0 fully saturated rings. The molecule has 2 aromatic rings. The van der Waals surface area contributed by atoms with Gasteiger partial charge in [0.05, 0.1) is 17.9 Å². The van der Waals surface area contributed by atoms with E-state index < -0.39 is 0 Å². The second-order valence-corrected chi connectivity index (χ2v) is 6.63. The van der Waals surface area contributed by atoms with Crippen LogP contribution in [0.1, 0.15) is 31.7 Å². The van der Waals surface area contributed by atoms with E-state index in [1.165, 1.54) is 0 Å². The van der Waals surface area contributed by atoms with Crippen LogP contribution < -0.4 is 10.6 Å². The lowest BCUT2D eigenvalue weighted by Crippen LogP contribution is -2.38. The minimum absolute atomic E-state index is 0.0285. The van der Waals surface area contributed by atoms with Gasteiger partial charge < -0.3 is 10.6 Å². The molecule has 0 radical (unpaired) electrons. The molecule has 1 atom stereocenters. The number of amides is 2. The smallest absolute Gasteiger partial charge is 0.319 e. The third kappa shape index (κ3) is 3.81. The van der Waals surface area contributed by atoms with Crippen LogP contribution in [0.15, 0.2) is 42.0 Å². The standard InChI is InChI=1S/C15H19N3OS/c1-15(2,3)13(12-7-5-9-20-12)18-14(19)17-11-6-4-8-16-10-11/h4-10,13H,1-3H3,(H2,17,18,19)/t13-/m1/s1. The van der Waals surface area contributed by atoms with Gasteiger partial charge in [0.1, 0.15) is 0 Å². The van der Waals surface area contributed by atoms with Crippen LogP contribution in [0.3, 0.4) is 0 Å². The lowest BCUT2D eigenvalue weighted by Gasteiger charge is -2.30. The Labute approximate surface area is 123 Å². The fraction of sp³-hybridized carbons (Fsp3) is 0.333. The zero-order valence-corrected chi connectivity index (χ0v) is 12.7. The normalized spacial score (nSPS) is 12.8. The van der Waals surface area contributed by atoms with Crippen LogP contribution in [-0.2, 0) is 0 Å². The number of aromatic nitrogens is 1. The Hall–Kier alpha value is -1.88. The van der Waals surface area contributed by atoms with Crippen LogP contribution in [0, 0.1) is 5.41 Å². The van der Waals surface area contributed by atoms with Crippen LogP contribution in [-0.4, -0.2) is 11.0 Å². The number of carbonyl (C=O) groups is 1. The molecule has 4 nitrogen and oxygen atoms in total. The molecule has 0 unspecified atom stereocenters. The molecule has 5 heteroatoms. The van der Waals surface area contributed by atoms with Crippen molar-refractivity contribution in [2.45, 2.75) is 26.8 Å². The maximum absolute atomic E-state index is 12.1. The Balaban J connectivity index is 2.07. The average Bonchev–Trinajstić information content (AvgIpc) is 2.89. The molecule has 0 aliphatic rings. The highest BCUT2D eigenvalue weighted by Gasteiger charge is 2.28. The molecular weight excluding hydrogens is 270 g/mol. The van der Waals surface area contributed by atoms with E-state index >= 15 is 0 Å². The molecule has 0 bridgehead atoms. The van der Waals surface area contributed by atoms with Gasteiger partial charge in [-0.1, -0.05) is 26.8 Å². The zero-order valence-electron chi connectivity index (χ0n) is 11.9. The van der Waals surface area contributed by atoms with Crippen LogP contribution in [0.2, 0.25) is 0 Å². The van der Waals surface area contributed by atoms with Crippen LogP contribution >= 0.6 is 11.3 Å². The summed E-state index contributed by atoms with van der Waals surface area (Å²) in [7, 11) is 0. The van der Waals surface area contributed by atoms with Crippen molar-refractivity contribution in [3.8, 4) is 0 Å². The van der Waals surface area contributed by atoms with Crippen molar-refractivity contribution in [1.82, 2.24) is 10.3 Å². The quantitative estimate of drug-likeness (QED) is 0.895. The minimum Gasteiger partial charge on any atom is -0.330 e. The molecule has 0 aliphatic heterocycles. The van der Waals surface area contributed by atoms with Crippen molar-refractivity contribution in [3.63, 3.8) is 0 Å². The molecule has 0 spiro atoms. The molecule has 20 heavy (non-hydrogen) atoms. The molecular formula is C15H19N3OS. The summed E-state index contributed by atoms with van der Waals surface area (Å²) in [5.41, 5.74) is 0.626. The number of hydrogen-bond donors (Lipinski definition) is 2. The molecule has 2 rings (SSSR count). The van der Waals surface area contributed by atoms with Crippen molar-refractivity contribution < 1.29 is 4.79 Å². The summed E-state index contributed by atoms with van der Waals surface area (Å²) in [6, 6.07) is 7.40. The Morgan fingerprint density at radius 2 is 2.10 bits per heavy atom. The number of hydrogen-bond acceptors (Lipinski definition) is 3. The van der Waals surface area contributed by atoms with E-state index in [1.807, 2.05) is 23.6 Å². The Bertz CT molecular complexity index is 546. The number of thiophene rings is 1. The molecule has 0 saturated carbocycles. The van der Waals surface area contributed by atoms with Crippen molar-refractivity contribution in [1.29, 1.82) is 0 Å². The molecule has 2 N–H and O–H groups in total. The van der Waals surface area contributed by atoms with E-state index in [4.69, 9.17) is 0 Å². The summed E-state index contributed by atoms with van der Waals surface area (Å²) in [5.74, 6) is 0. The number of nitrogens with one attached hydrogen (secondary N) is 2. The Morgan fingerprint density at radius 3 is 2.65 bits per heavy atom. The summed E-state index contributed by atoms with van der Waals surface area (Å²) >= 11 is 1.65. The molecule has 2 heterocycles. The Morgan fingerprint density at radius 1 is 1.30 bits per heavy atom. The first kappa shape index (κ1) is 14.5. The van der Waals surface area contributed by atoms with Crippen molar-refractivity contribution in [2.75, 3.05) is 5.32 Å². The molecule has 0 aromatic carbocycles. The SMILES string of the molecule is CC(C)(C)[C@H](NC(=O)Nc1cccnc1)c1cccs1. The highest BCUT2D eigenvalue weighted by atomic mass is 32.1. The number of anilines is 1. The first-order chi connectivity index (χ1) is 9.47. The minimum atomic E-state index is -0.216. The third-order valence-corrected chi connectivity index (χ3v) is 3.83. The fourth-order valence-corrected chi connectivity index (χ4v) is 2.92. The first-order valence-electron chi connectivity index (χ1n) is 6.48. The van der Waals surface area contributed by atoms with E-state index in [2.05, 4.69) is 36.4 Å². The van der Waals surface area contributed by atoms with Gasteiger partial charge in [0.25, 0.3) is 0 Å². The first-order valence-corrected chi connectivity index (χ1v) is 7.36. The highest BCUT2D eigenvalue weighted by Crippen LogP contribution is 2.35. The van der Waals surface area contributed by atoms with Crippen molar-refractivity contribution in [2.24, 2.45) is 5.41 Å². The van der Waals surface area contributed by atoms with Gasteiger partial charge in [0.15, 0.2) is 0 Å². The molecule has 0 aliphatic carbocycles. The molecule has 0 saturated heterocycles. The van der Waals surface area contributed by atoms with E-state index in [0.29, 0.717) is 5.69 Å². The van der Waals surface area contributed by atoms with Gasteiger partial charge in [-0.3, -0.25) is 4.98 Å². The summed E-state index contributed by atoms with van der Waals surface area (Å²) in [5, 5.41) is 7.86. The van der Waals surface area contributed by atoms with E-state index in [0.717, 1.165) is 4.88 Å². The molecule has 2 amide bonds. The summed E-state index contributed by atoms with van der Waals surface area (Å²) < 4.78 is 0. The van der Waals surface area contributed by atoms with Gasteiger partial charge in [-0.15, -0.1) is 11.3 Å². The van der Waals surface area contributed by atoms with Crippen LogP contribution in [0.5, 0.6) is 0 Å². The topological polar surface area (TPSA) is 54.0 Å². The van der Waals surface area contributed by atoms with Gasteiger partial charge >= 0.3 is 6.03 Å². The van der Waals surface area contributed by atoms with Crippen LogP contribution in [0.4, 0.5) is 10.5 Å². The van der Waals surface area contributed by atoms with Gasteiger partial charge in [0, 0.05) is 11.1 Å². The Kier molecular flexibility index (Phi) is 4.39. The number of rotatable bonds is 3. The summed E-state index contributed by atoms with van der Waals surface area (Å²) in [6.07, 6.45) is 3.30. The third-order valence-electron chi connectivity index (χ3n) is 2.89. The number of urea groups is 1. The number of pyridine rings is 1. The monoisotopic (exact) mass is 289 g/mol. The zero-order chi connectivity index (χ0) is 14.6. The molecule has 106 valence electrons. The lowest BCUT2D eigenvalue weighted by molar-refractivity contribution is 0.230.